The summed E-state index contributed by atoms with van der Waals surface area (Å²) in [5, 5.41) is 3.01. The summed E-state index contributed by atoms with van der Waals surface area (Å²) in [6.45, 7) is 1.36. The summed E-state index contributed by atoms with van der Waals surface area (Å²) in [6, 6.07) is 15.7. The van der Waals surface area contributed by atoms with Crippen LogP contribution in [0.2, 0.25) is 0 Å². The minimum Gasteiger partial charge on any atom is -0.374 e. The molecule has 1 heterocycles. The average Bonchev–Trinajstić information content (AvgIpc) is 2.66. The van der Waals surface area contributed by atoms with Crippen LogP contribution >= 0.6 is 0 Å². The van der Waals surface area contributed by atoms with E-state index in [-0.39, 0.29) is 12.0 Å². The Morgan fingerprint density at radius 2 is 1.96 bits per heavy atom. The standard InChI is InChI=1S/C20H24N2O2/c23-20(19-11-4-5-12-21-19)22-14-17-9-6-10-18(13-17)24-15-16-7-2-1-3-8-16/h1-5,7-8,11-12,17-18H,6,9-10,13-15H2,(H,22,23)/t17-,18+/m0/s1. The molecule has 24 heavy (non-hydrogen) atoms. The largest absolute Gasteiger partial charge is 0.374 e. The van der Waals surface area contributed by atoms with E-state index < -0.39 is 0 Å². The fourth-order valence-corrected chi connectivity index (χ4v) is 3.19. The third-order valence-corrected chi connectivity index (χ3v) is 4.51. The van der Waals surface area contributed by atoms with E-state index in [1.807, 2.05) is 30.3 Å². The molecule has 4 heteroatoms. The monoisotopic (exact) mass is 324 g/mol. The Hall–Kier alpha value is -2.20. The average molecular weight is 324 g/mol. The maximum Gasteiger partial charge on any atom is 0.269 e. The minimum atomic E-state index is -0.0945. The highest BCUT2D eigenvalue weighted by Gasteiger charge is 2.23. The molecule has 0 aliphatic heterocycles. The quantitative estimate of drug-likeness (QED) is 0.883. The van der Waals surface area contributed by atoms with Crippen LogP contribution in [-0.4, -0.2) is 23.5 Å². The van der Waals surface area contributed by atoms with Crippen LogP contribution in [0.25, 0.3) is 0 Å². The fraction of sp³-hybridized carbons (Fsp3) is 0.400. The van der Waals surface area contributed by atoms with E-state index in [0.29, 0.717) is 24.8 Å². The number of hydrogen-bond donors (Lipinski definition) is 1. The predicted octanol–water partition coefficient (Wildman–Crippen LogP) is 3.59. The molecular formula is C20H24N2O2. The lowest BCUT2D eigenvalue weighted by Crippen LogP contribution is -2.34. The lowest BCUT2D eigenvalue weighted by atomic mass is 9.87. The molecule has 3 rings (SSSR count). The lowest BCUT2D eigenvalue weighted by molar-refractivity contribution is 0.00241. The number of rotatable bonds is 6. The maximum absolute atomic E-state index is 12.1. The van der Waals surface area contributed by atoms with Crippen LogP contribution in [0, 0.1) is 5.92 Å². The summed E-state index contributed by atoms with van der Waals surface area (Å²) < 4.78 is 6.07. The van der Waals surface area contributed by atoms with Crippen LogP contribution in [0.4, 0.5) is 0 Å². The van der Waals surface area contributed by atoms with E-state index in [9.17, 15) is 4.79 Å². The topological polar surface area (TPSA) is 51.2 Å². The van der Waals surface area contributed by atoms with Crippen LogP contribution in [0.1, 0.15) is 41.7 Å². The van der Waals surface area contributed by atoms with Gasteiger partial charge in [-0.05, 0) is 42.9 Å². The minimum absolute atomic E-state index is 0.0945. The number of hydrogen-bond acceptors (Lipinski definition) is 3. The van der Waals surface area contributed by atoms with E-state index >= 15 is 0 Å². The van der Waals surface area contributed by atoms with Crippen LogP contribution in [0.15, 0.2) is 54.7 Å². The summed E-state index contributed by atoms with van der Waals surface area (Å²) >= 11 is 0. The van der Waals surface area contributed by atoms with Crippen LogP contribution < -0.4 is 5.32 Å². The van der Waals surface area contributed by atoms with Crippen molar-refractivity contribution in [2.45, 2.75) is 38.4 Å². The number of benzene rings is 1. The molecule has 1 fully saturated rings. The van der Waals surface area contributed by atoms with Gasteiger partial charge < -0.3 is 10.1 Å². The molecule has 2 aromatic rings. The maximum atomic E-state index is 12.1. The Labute approximate surface area is 143 Å². The van der Waals surface area contributed by atoms with Crippen LogP contribution in [-0.2, 0) is 11.3 Å². The van der Waals surface area contributed by atoms with Crippen molar-refractivity contribution in [3.8, 4) is 0 Å². The first-order valence-corrected chi connectivity index (χ1v) is 8.66. The van der Waals surface area contributed by atoms with Crippen molar-refractivity contribution >= 4 is 5.91 Å². The Balaban J connectivity index is 1.43. The van der Waals surface area contributed by atoms with E-state index in [0.717, 1.165) is 25.7 Å². The van der Waals surface area contributed by atoms with Gasteiger partial charge in [0.05, 0.1) is 12.7 Å². The van der Waals surface area contributed by atoms with Gasteiger partial charge in [0, 0.05) is 12.7 Å². The van der Waals surface area contributed by atoms with E-state index in [1.165, 1.54) is 5.56 Å². The lowest BCUT2D eigenvalue weighted by Gasteiger charge is -2.29. The third-order valence-electron chi connectivity index (χ3n) is 4.51. The smallest absolute Gasteiger partial charge is 0.269 e. The molecular weight excluding hydrogens is 300 g/mol. The van der Waals surface area contributed by atoms with Crippen molar-refractivity contribution < 1.29 is 9.53 Å². The first-order chi connectivity index (χ1) is 11.8. The zero-order valence-electron chi connectivity index (χ0n) is 13.9. The molecule has 2 atom stereocenters. The molecule has 1 N–H and O–H groups in total. The van der Waals surface area contributed by atoms with Gasteiger partial charge in [-0.2, -0.15) is 0 Å². The highest BCUT2D eigenvalue weighted by Crippen LogP contribution is 2.26. The van der Waals surface area contributed by atoms with Gasteiger partial charge in [0.2, 0.25) is 0 Å². The molecule has 0 saturated heterocycles. The summed E-state index contributed by atoms with van der Waals surface area (Å²) in [5.74, 6) is 0.384. The molecule has 0 unspecified atom stereocenters. The molecule has 0 spiro atoms. The fourth-order valence-electron chi connectivity index (χ4n) is 3.19. The first kappa shape index (κ1) is 16.7. The van der Waals surface area contributed by atoms with Gasteiger partial charge in [0.15, 0.2) is 0 Å². The van der Waals surface area contributed by atoms with Gasteiger partial charge >= 0.3 is 0 Å². The molecule has 1 aromatic heterocycles. The van der Waals surface area contributed by atoms with Crippen molar-refractivity contribution in [1.29, 1.82) is 0 Å². The zero-order chi connectivity index (χ0) is 16.6. The first-order valence-electron chi connectivity index (χ1n) is 8.66. The second kappa shape index (κ2) is 8.60. The Kier molecular flexibility index (Phi) is 5.96. The van der Waals surface area contributed by atoms with Crippen molar-refractivity contribution in [3.63, 3.8) is 0 Å². The Bertz CT molecular complexity index is 631. The van der Waals surface area contributed by atoms with Gasteiger partial charge in [-0.25, -0.2) is 0 Å². The summed E-state index contributed by atoms with van der Waals surface area (Å²) in [6.07, 6.45) is 6.35. The molecule has 1 saturated carbocycles. The molecule has 1 aliphatic carbocycles. The number of amides is 1. The second-order valence-electron chi connectivity index (χ2n) is 6.38. The highest BCUT2D eigenvalue weighted by molar-refractivity contribution is 5.92. The van der Waals surface area contributed by atoms with Crippen LogP contribution in [0.5, 0.6) is 0 Å². The third kappa shape index (κ3) is 4.90. The number of pyridine rings is 1. The molecule has 0 bridgehead atoms. The van der Waals surface area contributed by atoms with Gasteiger partial charge in [-0.3, -0.25) is 9.78 Å². The molecule has 4 nitrogen and oxygen atoms in total. The predicted molar refractivity (Wildman–Crippen MR) is 93.5 cm³/mol. The van der Waals surface area contributed by atoms with E-state index in [4.69, 9.17) is 4.74 Å². The second-order valence-corrected chi connectivity index (χ2v) is 6.38. The van der Waals surface area contributed by atoms with Gasteiger partial charge in [-0.1, -0.05) is 42.8 Å². The molecule has 126 valence electrons. The molecule has 1 aliphatic rings. The summed E-state index contributed by atoms with van der Waals surface area (Å²) in [7, 11) is 0. The van der Waals surface area contributed by atoms with E-state index in [2.05, 4.69) is 22.4 Å². The molecule has 1 amide bonds. The van der Waals surface area contributed by atoms with Crippen molar-refractivity contribution in [1.82, 2.24) is 10.3 Å². The number of nitrogens with one attached hydrogen (secondary N) is 1. The highest BCUT2D eigenvalue weighted by atomic mass is 16.5. The van der Waals surface area contributed by atoms with Crippen LogP contribution in [0.3, 0.4) is 0 Å². The molecule has 0 radical (unpaired) electrons. The normalized spacial score (nSPS) is 20.5. The molecule has 1 aromatic carbocycles. The number of aromatic nitrogens is 1. The van der Waals surface area contributed by atoms with Gasteiger partial charge in [0.1, 0.15) is 5.69 Å². The van der Waals surface area contributed by atoms with Gasteiger partial charge in [0.25, 0.3) is 5.91 Å². The Morgan fingerprint density at radius 3 is 2.75 bits per heavy atom. The Morgan fingerprint density at radius 1 is 1.12 bits per heavy atom. The van der Waals surface area contributed by atoms with Crippen molar-refractivity contribution in [2.75, 3.05) is 6.54 Å². The number of carbonyl (C=O) groups excluding carboxylic acids is 1. The number of nitrogens with zero attached hydrogens (tertiary/aromatic N) is 1. The number of ether oxygens (including phenoxy) is 1. The van der Waals surface area contributed by atoms with E-state index in [1.54, 1.807) is 12.3 Å². The summed E-state index contributed by atoms with van der Waals surface area (Å²) in [5.41, 5.74) is 1.69. The van der Waals surface area contributed by atoms with Crippen molar-refractivity contribution in [2.24, 2.45) is 5.92 Å². The van der Waals surface area contributed by atoms with Gasteiger partial charge in [-0.15, -0.1) is 0 Å². The SMILES string of the molecule is O=C(NC[C@H]1CCC[C@@H](OCc2ccccc2)C1)c1ccccn1. The van der Waals surface area contributed by atoms with Crippen molar-refractivity contribution in [3.05, 3.63) is 66.0 Å². The zero-order valence-corrected chi connectivity index (χ0v) is 13.9. The summed E-state index contributed by atoms with van der Waals surface area (Å²) in [4.78, 5) is 16.2. The number of carbonyl (C=O) groups is 1.